The van der Waals surface area contributed by atoms with Crippen LogP contribution in [0.4, 0.5) is 0 Å². The Morgan fingerprint density at radius 3 is 2.24 bits per heavy atom. The molecule has 0 aliphatic carbocycles. The van der Waals surface area contributed by atoms with Crippen LogP contribution in [0.5, 0.6) is 0 Å². The monoisotopic (exact) mass is 329 g/mol. The van der Waals surface area contributed by atoms with Gasteiger partial charge in [-0.1, -0.05) is 39.0 Å². The van der Waals surface area contributed by atoms with Gasteiger partial charge >= 0.3 is 0 Å². The van der Waals surface area contributed by atoms with E-state index in [9.17, 15) is 5.26 Å². The van der Waals surface area contributed by atoms with Gasteiger partial charge in [0.15, 0.2) is 0 Å². The molecule has 1 aromatic rings. The average molecular weight is 330 g/mol. The van der Waals surface area contributed by atoms with Crippen molar-refractivity contribution in [2.75, 3.05) is 26.2 Å². The Morgan fingerprint density at radius 2 is 1.71 bits per heavy atom. The van der Waals surface area contributed by atoms with Crippen molar-refractivity contribution in [3.05, 3.63) is 35.4 Å². The number of rotatable bonds is 2. The molecule has 0 amide bonds. The van der Waals surface area contributed by atoms with Gasteiger partial charge < -0.3 is 5.32 Å². The van der Waals surface area contributed by atoms with Gasteiger partial charge in [0.1, 0.15) is 0 Å². The number of piperazine rings is 1. The maximum absolute atomic E-state index is 9.35. The first-order valence-corrected chi connectivity index (χ1v) is 6.98. The van der Waals surface area contributed by atoms with Gasteiger partial charge in [-0.2, -0.15) is 5.26 Å². The lowest BCUT2D eigenvalue weighted by molar-refractivity contribution is 0.0860. The first kappa shape index (κ1) is 20.2. The maximum Gasteiger partial charge on any atom is 0.0995 e. The average Bonchev–Trinajstić information content (AvgIpc) is 2.39. The van der Waals surface area contributed by atoms with E-state index in [0.717, 1.165) is 31.7 Å². The number of nitrogens with zero attached hydrogens (tertiary/aromatic N) is 2. The number of benzene rings is 1. The van der Waals surface area contributed by atoms with Crippen LogP contribution in [-0.4, -0.2) is 31.1 Å². The molecule has 0 bridgehead atoms. The Balaban J connectivity index is 0.00000200. The second-order valence-corrected chi connectivity index (χ2v) is 6.25. The fourth-order valence-electron chi connectivity index (χ4n) is 2.99. The molecule has 0 unspecified atom stereocenters. The summed E-state index contributed by atoms with van der Waals surface area (Å²) in [5.41, 5.74) is 2.09. The molecule has 1 aromatic carbocycles. The van der Waals surface area contributed by atoms with E-state index in [1.807, 2.05) is 18.2 Å². The highest BCUT2D eigenvalue weighted by molar-refractivity contribution is 5.85. The molecule has 1 aliphatic rings. The standard InChI is InChI=1S/C16H23N3.2ClH/c1-16(2,3)15(19-10-8-18-9-11-19)14-7-5-4-6-13(14)12-17;;/h4-7,15,18H,8-11H2,1-3H3;2*1H/t15-;;/m1../s1. The summed E-state index contributed by atoms with van der Waals surface area (Å²) in [5, 5.41) is 12.7. The Kier molecular flexibility index (Phi) is 8.28. The van der Waals surface area contributed by atoms with E-state index in [1.165, 1.54) is 5.56 Å². The third-order valence-corrected chi connectivity index (χ3v) is 3.71. The molecule has 1 aliphatic heterocycles. The number of hydrogen-bond donors (Lipinski definition) is 1. The van der Waals surface area contributed by atoms with Crippen molar-refractivity contribution < 1.29 is 0 Å². The van der Waals surface area contributed by atoms with E-state index in [1.54, 1.807) is 0 Å². The first-order valence-electron chi connectivity index (χ1n) is 6.98. The van der Waals surface area contributed by atoms with Crippen LogP contribution in [0.15, 0.2) is 24.3 Å². The van der Waals surface area contributed by atoms with Crippen LogP contribution in [0.1, 0.15) is 37.9 Å². The van der Waals surface area contributed by atoms with E-state index in [-0.39, 0.29) is 30.2 Å². The van der Waals surface area contributed by atoms with Crippen molar-refractivity contribution >= 4 is 24.8 Å². The lowest BCUT2D eigenvalue weighted by atomic mass is 9.79. The van der Waals surface area contributed by atoms with Crippen LogP contribution in [0.3, 0.4) is 0 Å². The molecule has 1 saturated heterocycles. The quantitative estimate of drug-likeness (QED) is 0.903. The molecule has 1 N–H and O–H groups in total. The Morgan fingerprint density at radius 1 is 1.14 bits per heavy atom. The molecule has 0 aromatic heterocycles. The zero-order chi connectivity index (χ0) is 13.9. The molecule has 1 fully saturated rings. The molecular weight excluding hydrogens is 305 g/mol. The lowest BCUT2D eigenvalue weighted by Gasteiger charge is -2.43. The first-order chi connectivity index (χ1) is 9.04. The fourth-order valence-corrected chi connectivity index (χ4v) is 2.99. The molecule has 21 heavy (non-hydrogen) atoms. The second-order valence-electron chi connectivity index (χ2n) is 6.25. The molecule has 0 radical (unpaired) electrons. The number of nitriles is 1. The third-order valence-electron chi connectivity index (χ3n) is 3.71. The van der Waals surface area contributed by atoms with Crippen LogP contribution in [-0.2, 0) is 0 Å². The summed E-state index contributed by atoms with van der Waals surface area (Å²) < 4.78 is 0. The van der Waals surface area contributed by atoms with Crippen LogP contribution >= 0.6 is 24.8 Å². The minimum Gasteiger partial charge on any atom is -0.314 e. The zero-order valence-electron chi connectivity index (χ0n) is 12.9. The number of nitrogens with one attached hydrogen (secondary N) is 1. The summed E-state index contributed by atoms with van der Waals surface area (Å²) >= 11 is 0. The molecule has 118 valence electrons. The summed E-state index contributed by atoms with van der Waals surface area (Å²) in [6.07, 6.45) is 0. The molecular formula is C16H25Cl2N3. The van der Waals surface area contributed by atoms with Gasteiger partial charge in [0.2, 0.25) is 0 Å². The number of halogens is 2. The van der Waals surface area contributed by atoms with Crippen LogP contribution in [0.2, 0.25) is 0 Å². The van der Waals surface area contributed by atoms with Crippen molar-refractivity contribution in [1.29, 1.82) is 5.26 Å². The largest absolute Gasteiger partial charge is 0.314 e. The van der Waals surface area contributed by atoms with Gasteiger partial charge in [0, 0.05) is 32.2 Å². The van der Waals surface area contributed by atoms with E-state index >= 15 is 0 Å². The zero-order valence-corrected chi connectivity index (χ0v) is 14.6. The molecule has 3 nitrogen and oxygen atoms in total. The van der Waals surface area contributed by atoms with Gasteiger partial charge in [0.05, 0.1) is 11.6 Å². The Labute approximate surface area is 140 Å². The minimum atomic E-state index is 0. The molecule has 5 heteroatoms. The minimum absolute atomic E-state index is 0. The predicted molar refractivity (Wildman–Crippen MR) is 92.3 cm³/mol. The lowest BCUT2D eigenvalue weighted by Crippen LogP contribution is -2.48. The van der Waals surface area contributed by atoms with Gasteiger partial charge in [-0.15, -0.1) is 24.8 Å². The predicted octanol–water partition coefficient (Wildman–Crippen LogP) is 3.39. The topological polar surface area (TPSA) is 39.1 Å². The molecule has 2 rings (SSSR count). The second kappa shape index (κ2) is 8.60. The number of hydrogen-bond acceptors (Lipinski definition) is 3. The molecule has 0 spiro atoms. The highest BCUT2D eigenvalue weighted by atomic mass is 35.5. The molecule has 1 atom stereocenters. The van der Waals surface area contributed by atoms with E-state index in [4.69, 9.17) is 0 Å². The van der Waals surface area contributed by atoms with Crippen LogP contribution in [0.25, 0.3) is 0 Å². The van der Waals surface area contributed by atoms with Gasteiger partial charge in [-0.3, -0.25) is 4.90 Å². The SMILES string of the molecule is CC(C)(C)[C@@H](c1ccccc1C#N)N1CCNCC1.Cl.Cl. The highest BCUT2D eigenvalue weighted by Crippen LogP contribution is 2.39. The Bertz CT molecular complexity index is 471. The van der Waals surface area contributed by atoms with Gasteiger partial charge in [-0.05, 0) is 17.0 Å². The van der Waals surface area contributed by atoms with Crippen LogP contribution in [0, 0.1) is 16.7 Å². The highest BCUT2D eigenvalue weighted by Gasteiger charge is 2.33. The van der Waals surface area contributed by atoms with E-state index in [0.29, 0.717) is 6.04 Å². The summed E-state index contributed by atoms with van der Waals surface area (Å²) in [5.74, 6) is 0. The summed E-state index contributed by atoms with van der Waals surface area (Å²) in [4.78, 5) is 2.51. The van der Waals surface area contributed by atoms with Crippen molar-refractivity contribution in [1.82, 2.24) is 10.2 Å². The molecule has 1 heterocycles. The summed E-state index contributed by atoms with van der Waals surface area (Å²) in [7, 11) is 0. The van der Waals surface area contributed by atoms with Crippen molar-refractivity contribution in [2.24, 2.45) is 5.41 Å². The maximum atomic E-state index is 9.35. The summed E-state index contributed by atoms with van der Waals surface area (Å²) in [6, 6.07) is 10.7. The van der Waals surface area contributed by atoms with Gasteiger partial charge in [-0.25, -0.2) is 0 Å². The van der Waals surface area contributed by atoms with Crippen LogP contribution < -0.4 is 5.32 Å². The molecule has 0 saturated carbocycles. The van der Waals surface area contributed by atoms with Crippen molar-refractivity contribution in [2.45, 2.75) is 26.8 Å². The van der Waals surface area contributed by atoms with E-state index in [2.05, 4.69) is 43.1 Å². The van der Waals surface area contributed by atoms with E-state index < -0.39 is 0 Å². The normalized spacial score (nSPS) is 17.0. The summed E-state index contributed by atoms with van der Waals surface area (Å²) in [6.45, 7) is 10.9. The smallest absolute Gasteiger partial charge is 0.0995 e. The van der Waals surface area contributed by atoms with Gasteiger partial charge in [0.25, 0.3) is 0 Å². The van der Waals surface area contributed by atoms with Crippen molar-refractivity contribution in [3.8, 4) is 6.07 Å². The third kappa shape index (κ3) is 4.86. The fraction of sp³-hybridized carbons (Fsp3) is 0.562. The Hall–Kier alpha value is -0.790. The van der Waals surface area contributed by atoms with Crippen molar-refractivity contribution in [3.63, 3.8) is 0 Å².